The van der Waals surface area contributed by atoms with Crippen LogP contribution in [0.4, 0.5) is 5.69 Å². The van der Waals surface area contributed by atoms with Gasteiger partial charge in [0.1, 0.15) is 6.54 Å². The summed E-state index contributed by atoms with van der Waals surface area (Å²) >= 11 is 0. The molecule has 0 saturated carbocycles. The second-order valence-corrected chi connectivity index (χ2v) is 7.91. The van der Waals surface area contributed by atoms with Crippen LogP contribution in [0.15, 0.2) is 30.3 Å². The van der Waals surface area contributed by atoms with Crippen molar-refractivity contribution < 1.29 is 18.0 Å². The van der Waals surface area contributed by atoms with Gasteiger partial charge in [0.05, 0.1) is 11.5 Å². The highest BCUT2D eigenvalue weighted by molar-refractivity contribution is 7.91. The van der Waals surface area contributed by atoms with E-state index in [0.29, 0.717) is 13.0 Å². The fourth-order valence-electron chi connectivity index (χ4n) is 2.86. The van der Waals surface area contributed by atoms with Gasteiger partial charge in [-0.05, 0) is 25.5 Å². The zero-order valence-corrected chi connectivity index (χ0v) is 14.3. The first-order valence-corrected chi connectivity index (χ1v) is 9.49. The average Bonchev–Trinajstić information content (AvgIpc) is 2.86. The van der Waals surface area contributed by atoms with Gasteiger partial charge in [0.25, 0.3) is 0 Å². The zero-order chi connectivity index (χ0) is 17.0. The predicted molar refractivity (Wildman–Crippen MR) is 88.9 cm³/mol. The van der Waals surface area contributed by atoms with Crippen LogP contribution < -0.4 is 4.90 Å². The minimum atomic E-state index is -3.11. The molecule has 1 aromatic rings. The van der Waals surface area contributed by atoms with Crippen molar-refractivity contribution in [1.82, 2.24) is 4.90 Å². The molecule has 126 valence electrons. The van der Waals surface area contributed by atoms with Crippen LogP contribution in [0.1, 0.15) is 20.3 Å². The Morgan fingerprint density at radius 3 is 2.35 bits per heavy atom. The smallest absolute Gasteiger partial charge is 0.246 e. The third kappa shape index (κ3) is 4.31. The van der Waals surface area contributed by atoms with E-state index < -0.39 is 15.9 Å². The number of hydrogen-bond donors (Lipinski definition) is 0. The Kier molecular flexibility index (Phi) is 5.41. The van der Waals surface area contributed by atoms with Crippen molar-refractivity contribution in [2.75, 3.05) is 29.5 Å². The minimum absolute atomic E-state index is 0.0582. The van der Waals surface area contributed by atoms with Crippen molar-refractivity contribution in [2.45, 2.75) is 26.3 Å². The van der Waals surface area contributed by atoms with Gasteiger partial charge in [-0.15, -0.1) is 0 Å². The molecule has 0 aliphatic carbocycles. The van der Waals surface area contributed by atoms with E-state index in [4.69, 9.17) is 0 Å². The number of benzene rings is 1. The van der Waals surface area contributed by atoms with Crippen LogP contribution in [-0.4, -0.2) is 55.8 Å². The molecule has 1 atom stereocenters. The van der Waals surface area contributed by atoms with E-state index in [1.54, 1.807) is 4.90 Å². The molecule has 7 heteroatoms. The quantitative estimate of drug-likeness (QED) is 0.805. The fourth-order valence-corrected chi connectivity index (χ4v) is 4.59. The van der Waals surface area contributed by atoms with Crippen molar-refractivity contribution in [3.8, 4) is 0 Å². The summed E-state index contributed by atoms with van der Waals surface area (Å²) in [5, 5.41) is 0. The average molecular weight is 338 g/mol. The summed E-state index contributed by atoms with van der Waals surface area (Å²) in [7, 11) is -3.11. The Morgan fingerprint density at radius 1 is 1.22 bits per heavy atom. The lowest BCUT2D eigenvalue weighted by molar-refractivity contribution is -0.135. The number of carbonyl (C=O) groups is 2. The summed E-state index contributed by atoms with van der Waals surface area (Å²) < 4.78 is 23.3. The van der Waals surface area contributed by atoms with Crippen molar-refractivity contribution in [3.05, 3.63) is 30.3 Å². The van der Waals surface area contributed by atoms with Crippen molar-refractivity contribution in [3.63, 3.8) is 0 Å². The highest BCUT2D eigenvalue weighted by Gasteiger charge is 2.35. The predicted octanol–water partition coefficient (Wildman–Crippen LogP) is 1.08. The summed E-state index contributed by atoms with van der Waals surface area (Å²) in [5.41, 5.74) is 0.766. The van der Waals surface area contributed by atoms with Gasteiger partial charge in [0.15, 0.2) is 9.84 Å². The molecule has 0 radical (unpaired) electrons. The Morgan fingerprint density at radius 2 is 1.87 bits per heavy atom. The lowest BCUT2D eigenvalue weighted by Crippen LogP contribution is -2.47. The number of sulfone groups is 1. The summed E-state index contributed by atoms with van der Waals surface area (Å²) in [6.07, 6.45) is 0.395. The van der Waals surface area contributed by atoms with Crippen molar-refractivity contribution >= 4 is 27.3 Å². The van der Waals surface area contributed by atoms with Gasteiger partial charge in [0, 0.05) is 25.2 Å². The molecule has 0 N–H and O–H groups in total. The Bertz CT molecular complexity index is 673. The van der Waals surface area contributed by atoms with Crippen molar-refractivity contribution in [1.29, 1.82) is 0 Å². The maximum Gasteiger partial charge on any atom is 0.246 e. The first kappa shape index (κ1) is 17.5. The molecule has 1 fully saturated rings. The molecular formula is C16H22N2O4S. The maximum absolute atomic E-state index is 12.6. The highest BCUT2D eigenvalue weighted by Crippen LogP contribution is 2.19. The van der Waals surface area contributed by atoms with Crippen LogP contribution in [-0.2, 0) is 19.4 Å². The zero-order valence-electron chi connectivity index (χ0n) is 13.4. The van der Waals surface area contributed by atoms with E-state index in [9.17, 15) is 18.0 Å². The lowest BCUT2D eigenvalue weighted by Gasteiger charge is -2.29. The van der Waals surface area contributed by atoms with Gasteiger partial charge in [0.2, 0.25) is 11.8 Å². The van der Waals surface area contributed by atoms with E-state index in [2.05, 4.69) is 0 Å². The van der Waals surface area contributed by atoms with E-state index in [-0.39, 0.29) is 29.9 Å². The topological polar surface area (TPSA) is 74.8 Å². The van der Waals surface area contributed by atoms with Gasteiger partial charge >= 0.3 is 0 Å². The summed E-state index contributed by atoms with van der Waals surface area (Å²) in [6, 6.07) is 8.82. The molecule has 2 rings (SSSR count). The van der Waals surface area contributed by atoms with Crippen LogP contribution in [0.5, 0.6) is 0 Å². The number of para-hydroxylation sites is 1. The molecule has 1 heterocycles. The van der Waals surface area contributed by atoms with Crippen LogP contribution >= 0.6 is 0 Å². The van der Waals surface area contributed by atoms with Gasteiger partial charge in [-0.2, -0.15) is 0 Å². The number of rotatable bonds is 5. The molecule has 0 aromatic heterocycles. The summed E-state index contributed by atoms with van der Waals surface area (Å²) in [4.78, 5) is 27.5. The van der Waals surface area contributed by atoms with Crippen molar-refractivity contribution in [2.24, 2.45) is 0 Å². The van der Waals surface area contributed by atoms with Gasteiger partial charge < -0.3 is 9.80 Å². The Labute approximate surface area is 137 Å². The molecule has 2 amide bonds. The molecular weight excluding hydrogens is 316 g/mol. The van der Waals surface area contributed by atoms with Gasteiger partial charge in [-0.25, -0.2) is 8.42 Å². The molecule has 0 bridgehead atoms. The molecule has 1 aliphatic rings. The normalized spacial score (nSPS) is 19.3. The first-order valence-electron chi connectivity index (χ1n) is 7.67. The standard InChI is InChI=1S/C16H22N2O4S/c1-3-17(14-7-5-4-6-8-14)16(20)11-18(13(2)19)15-9-10-23(21,22)12-15/h4-8,15H,3,9-12H2,1-2H3. The second kappa shape index (κ2) is 7.12. The number of hydrogen-bond acceptors (Lipinski definition) is 4. The SMILES string of the molecule is CCN(C(=O)CN(C(C)=O)C1CCS(=O)(=O)C1)c1ccccc1. The van der Waals surface area contributed by atoms with E-state index >= 15 is 0 Å². The number of amides is 2. The van der Waals surface area contributed by atoms with Crippen LogP contribution in [0.25, 0.3) is 0 Å². The second-order valence-electron chi connectivity index (χ2n) is 5.68. The van der Waals surface area contributed by atoms with E-state index in [0.717, 1.165) is 5.69 Å². The van der Waals surface area contributed by atoms with E-state index in [1.165, 1.54) is 11.8 Å². The summed E-state index contributed by atoms with van der Waals surface area (Å²) in [6.45, 7) is 3.62. The third-order valence-electron chi connectivity index (χ3n) is 4.04. The number of nitrogens with zero attached hydrogens (tertiary/aromatic N) is 2. The fraction of sp³-hybridized carbons (Fsp3) is 0.500. The Balaban J connectivity index is 2.13. The molecule has 6 nitrogen and oxygen atoms in total. The molecule has 0 spiro atoms. The minimum Gasteiger partial charge on any atom is -0.330 e. The van der Waals surface area contributed by atoms with Gasteiger partial charge in [-0.1, -0.05) is 18.2 Å². The highest BCUT2D eigenvalue weighted by atomic mass is 32.2. The van der Waals surface area contributed by atoms with Crippen LogP contribution in [0.2, 0.25) is 0 Å². The maximum atomic E-state index is 12.6. The number of likely N-dealkylation sites (N-methyl/N-ethyl adjacent to an activating group) is 1. The number of carbonyl (C=O) groups excluding carboxylic acids is 2. The number of anilines is 1. The molecule has 1 aromatic carbocycles. The monoisotopic (exact) mass is 338 g/mol. The third-order valence-corrected chi connectivity index (χ3v) is 5.79. The van der Waals surface area contributed by atoms with Crippen LogP contribution in [0.3, 0.4) is 0 Å². The molecule has 1 saturated heterocycles. The summed E-state index contributed by atoms with van der Waals surface area (Å²) in [5.74, 6) is -0.467. The van der Waals surface area contributed by atoms with E-state index in [1.807, 2.05) is 37.3 Å². The largest absolute Gasteiger partial charge is 0.330 e. The molecule has 1 aliphatic heterocycles. The van der Waals surface area contributed by atoms with Gasteiger partial charge in [-0.3, -0.25) is 9.59 Å². The Hall–Kier alpha value is -1.89. The van der Waals surface area contributed by atoms with Crippen LogP contribution in [0, 0.1) is 0 Å². The molecule has 1 unspecified atom stereocenters. The first-order chi connectivity index (χ1) is 10.8. The molecule has 23 heavy (non-hydrogen) atoms. The lowest BCUT2D eigenvalue weighted by atomic mass is 10.2.